The van der Waals surface area contributed by atoms with Crippen LogP contribution in [-0.4, -0.2) is 66.6 Å². The first-order chi connectivity index (χ1) is 14.0. The molecule has 7 nitrogen and oxygen atoms in total. The molecule has 1 aliphatic rings. The first-order valence-electron chi connectivity index (χ1n) is 9.89. The Kier molecular flexibility index (Phi) is 4.50. The Morgan fingerprint density at radius 2 is 1.90 bits per heavy atom. The first kappa shape index (κ1) is 18.5. The van der Waals surface area contributed by atoms with Crippen LogP contribution < -0.4 is 16.2 Å². The Labute approximate surface area is 174 Å². The van der Waals surface area contributed by atoms with E-state index in [4.69, 9.17) is 5.73 Å². The molecule has 5 rings (SSSR count). The number of nitrogen functional groups attached to an aromatic ring is 1. The molecule has 0 spiro atoms. The van der Waals surface area contributed by atoms with Crippen LogP contribution in [0.5, 0.6) is 0 Å². The van der Waals surface area contributed by atoms with Crippen molar-refractivity contribution in [2.45, 2.75) is 19.9 Å². The Bertz CT molecular complexity index is 1250. The number of nitrogens with one attached hydrogen (secondary N) is 2. The van der Waals surface area contributed by atoms with E-state index in [2.05, 4.69) is 55.7 Å². The van der Waals surface area contributed by atoms with Crippen molar-refractivity contribution in [2.24, 2.45) is 0 Å². The van der Waals surface area contributed by atoms with Crippen LogP contribution in [0.3, 0.4) is 0 Å². The summed E-state index contributed by atoms with van der Waals surface area (Å²) in [5, 5.41) is 0. The zero-order chi connectivity index (χ0) is 20.1. The van der Waals surface area contributed by atoms with Crippen LogP contribution in [0.1, 0.15) is 13.8 Å². The van der Waals surface area contributed by atoms with Crippen LogP contribution in [0, 0.1) is 0 Å². The van der Waals surface area contributed by atoms with Gasteiger partial charge in [-0.15, -0.1) is 0 Å². The molecule has 0 radical (unpaired) electrons. The van der Waals surface area contributed by atoms with Crippen molar-refractivity contribution < 1.29 is 0 Å². The van der Waals surface area contributed by atoms with E-state index >= 15 is 0 Å². The van der Waals surface area contributed by atoms with E-state index < -0.39 is 0 Å². The fourth-order valence-electron chi connectivity index (χ4n) is 4.08. The minimum atomic E-state index is -0.201. The van der Waals surface area contributed by atoms with Gasteiger partial charge in [0.2, 0.25) is 0 Å². The Balaban J connectivity index is 1.50. The summed E-state index contributed by atoms with van der Waals surface area (Å²) in [5.41, 5.74) is 10.9. The van der Waals surface area contributed by atoms with Gasteiger partial charge in [0.05, 0.1) is 0 Å². The molecule has 1 saturated heterocycles. The number of fused-ring (bicyclic) bond motifs is 2. The topological polar surface area (TPSA) is 94.0 Å². The number of aromatic amines is 2. The molecule has 1 fully saturated rings. The number of aromatic nitrogens is 3. The van der Waals surface area contributed by atoms with Crippen LogP contribution in [0.15, 0.2) is 34.0 Å². The fraction of sp³-hybridized carbons (Fsp3) is 0.333. The van der Waals surface area contributed by atoms with Gasteiger partial charge in [-0.05, 0) is 13.8 Å². The van der Waals surface area contributed by atoms with Crippen molar-refractivity contribution in [3.05, 3.63) is 39.6 Å². The number of nitrogens with zero attached hydrogens (tertiary/aromatic N) is 3. The normalized spacial score (nSPS) is 15.8. The third kappa shape index (κ3) is 3.17. The SMILES string of the molecule is CC(C)N1CCN(c2ccc3nc(-c4c(N)c5[se]ccc5[nH]c4=O)[nH]c3c2)CC1. The van der Waals surface area contributed by atoms with Crippen LogP contribution in [-0.2, 0) is 0 Å². The van der Waals surface area contributed by atoms with Gasteiger partial charge in [-0.3, -0.25) is 0 Å². The summed E-state index contributed by atoms with van der Waals surface area (Å²) in [6.45, 7) is 8.66. The Morgan fingerprint density at radius 3 is 2.66 bits per heavy atom. The van der Waals surface area contributed by atoms with Gasteiger partial charge in [0.1, 0.15) is 0 Å². The zero-order valence-corrected chi connectivity index (χ0v) is 18.2. The summed E-state index contributed by atoms with van der Waals surface area (Å²) in [5.74, 6) is 0.533. The van der Waals surface area contributed by atoms with Gasteiger partial charge >= 0.3 is 154 Å². The number of rotatable bonds is 3. The molecule has 0 saturated carbocycles. The molecule has 29 heavy (non-hydrogen) atoms. The standard InChI is InChI=1S/C21H24N6OSe/c1-12(2)26-6-8-27(9-7-26)13-3-4-14-16(11-13)24-20(23-14)17-18(22)19-15(5-10-29-19)25-21(17)28/h3-5,10-12H,6-9H2,1-2H3,(H,23,24)(H3,22,25,28). The van der Waals surface area contributed by atoms with E-state index in [1.165, 1.54) is 5.69 Å². The summed E-state index contributed by atoms with van der Waals surface area (Å²) in [7, 11) is 0. The molecule has 0 unspecified atom stereocenters. The second-order valence-corrected chi connectivity index (χ2v) is 9.73. The molecule has 1 aromatic carbocycles. The maximum atomic E-state index is 12.6. The number of nitrogens with two attached hydrogens (primary N) is 1. The van der Waals surface area contributed by atoms with Crippen LogP contribution in [0.2, 0.25) is 0 Å². The van der Waals surface area contributed by atoms with Crippen molar-refractivity contribution in [1.82, 2.24) is 19.9 Å². The van der Waals surface area contributed by atoms with Crippen LogP contribution in [0.4, 0.5) is 11.4 Å². The molecule has 4 N–H and O–H groups in total. The second-order valence-electron chi connectivity index (χ2n) is 7.81. The summed E-state index contributed by atoms with van der Waals surface area (Å²) in [4.78, 5) is 30.5. The molecule has 1 aliphatic heterocycles. The van der Waals surface area contributed by atoms with E-state index in [-0.39, 0.29) is 20.1 Å². The molecule has 3 aromatic heterocycles. The van der Waals surface area contributed by atoms with Crippen molar-refractivity contribution in [1.29, 1.82) is 0 Å². The van der Waals surface area contributed by atoms with Gasteiger partial charge < -0.3 is 0 Å². The molecular weight excluding hydrogens is 431 g/mol. The molecule has 0 bridgehead atoms. The average molecular weight is 455 g/mol. The molecule has 0 aliphatic carbocycles. The van der Waals surface area contributed by atoms with Gasteiger partial charge in [-0.25, -0.2) is 0 Å². The summed E-state index contributed by atoms with van der Waals surface area (Å²) in [6, 6.07) is 8.77. The molecule has 4 aromatic rings. The maximum absolute atomic E-state index is 12.6. The first-order valence-corrected chi connectivity index (χ1v) is 11.7. The molecule has 8 heteroatoms. The quantitative estimate of drug-likeness (QED) is 0.412. The van der Waals surface area contributed by atoms with Crippen molar-refractivity contribution in [3.63, 3.8) is 0 Å². The summed E-state index contributed by atoms with van der Waals surface area (Å²) in [6.07, 6.45) is 0. The van der Waals surface area contributed by atoms with Gasteiger partial charge in [0.15, 0.2) is 0 Å². The number of hydrogen-bond donors (Lipinski definition) is 3. The number of hydrogen-bond acceptors (Lipinski definition) is 5. The van der Waals surface area contributed by atoms with Crippen molar-refractivity contribution in [3.8, 4) is 11.4 Å². The number of imidazole rings is 1. The number of benzene rings is 1. The molecule has 0 atom stereocenters. The number of pyridine rings is 1. The van der Waals surface area contributed by atoms with Crippen molar-refractivity contribution in [2.75, 3.05) is 36.8 Å². The van der Waals surface area contributed by atoms with E-state index in [0.717, 1.165) is 47.0 Å². The number of H-pyrrole nitrogens is 2. The summed E-state index contributed by atoms with van der Waals surface area (Å²) < 4.78 is 1.02. The van der Waals surface area contributed by atoms with E-state index in [9.17, 15) is 4.79 Å². The van der Waals surface area contributed by atoms with E-state index in [1.807, 2.05) is 12.1 Å². The number of anilines is 2. The molecule has 4 heterocycles. The predicted octanol–water partition coefficient (Wildman–Crippen LogP) is 2.24. The Hall–Kier alpha value is -2.54. The Morgan fingerprint density at radius 1 is 1.10 bits per heavy atom. The minimum absolute atomic E-state index is 0.148. The van der Waals surface area contributed by atoms with Crippen LogP contribution >= 0.6 is 0 Å². The monoisotopic (exact) mass is 456 g/mol. The van der Waals surface area contributed by atoms with E-state index in [0.29, 0.717) is 23.1 Å². The van der Waals surface area contributed by atoms with E-state index in [1.54, 1.807) is 0 Å². The third-order valence-corrected chi connectivity index (χ3v) is 7.75. The van der Waals surface area contributed by atoms with Gasteiger partial charge in [-0.2, -0.15) is 0 Å². The molecule has 0 amide bonds. The zero-order valence-electron chi connectivity index (χ0n) is 16.5. The second kappa shape index (κ2) is 7.06. The number of piperazine rings is 1. The molecule has 150 valence electrons. The molecular formula is C21H24N6OSe. The van der Waals surface area contributed by atoms with Gasteiger partial charge in [-0.1, -0.05) is 0 Å². The van der Waals surface area contributed by atoms with Gasteiger partial charge in [0.25, 0.3) is 0 Å². The average Bonchev–Trinajstić information content (AvgIpc) is 3.34. The van der Waals surface area contributed by atoms with Crippen molar-refractivity contribution >= 4 is 46.7 Å². The van der Waals surface area contributed by atoms with Gasteiger partial charge in [0, 0.05) is 6.04 Å². The summed E-state index contributed by atoms with van der Waals surface area (Å²) >= 11 is 0.148. The predicted molar refractivity (Wildman–Crippen MR) is 120 cm³/mol. The third-order valence-electron chi connectivity index (χ3n) is 5.77. The fourth-order valence-corrected chi connectivity index (χ4v) is 5.79. The van der Waals surface area contributed by atoms with Crippen LogP contribution in [0.25, 0.3) is 32.2 Å².